The fourth-order valence-corrected chi connectivity index (χ4v) is 3.96. The van der Waals surface area contributed by atoms with Crippen LogP contribution in [0.25, 0.3) is 0 Å². The molecule has 0 aromatic heterocycles. The van der Waals surface area contributed by atoms with Gasteiger partial charge in [0.1, 0.15) is 5.82 Å². The topological polar surface area (TPSA) is 64.4 Å². The number of rotatable bonds is 3. The average molecular weight is 340 g/mol. The van der Waals surface area contributed by atoms with Crippen molar-refractivity contribution in [3.8, 4) is 5.75 Å². The zero-order chi connectivity index (χ0) is 17.6. The highest BCUT2D eigenvalue weighted by Gasteiger charge is 2.39. The van der Waals surface area contributed by atoms with E-state index in [9.17, 15) is 14.5 Å². The number of halogens is 1. The molecule has 0 spiro atoms. The minimum Gasteiger partial charge on any atom is -0.490 e. The van der Waals surface area contributed by atoms with Gasteiger partial charge >= 0.3 is 5.69 Å². The first-order chi connectivity index (χ1) is 12.1. The van der Waals surface area contributed by atoms with Crippen LogP contribution in [0.2, 0.25) is 0 Å². The van der Waals surface area contributed by atoms with Crippen LogP contribution in [-0.4, -0.2) is 12.0 Å². The van der Waals surface area contributed by atoms with Crippen LogP contribution < -0.4 is 10.1 Å². The molecule has 0 saturated carbocycles. The third-order valence-electron chi connectivity index (χ3n) is 5.10. The molecule has 1 aliphatic carbocycles. The third-order valence-corrected chi connectivity index (χ3v) is 5.10. The predicted octanol–water partition coefficient (Wildman–Crippen LogP) is 4.57. The molecule has 6 heteroatoms. The van der Waals surface area contributed by atoms with Crippen LogP contribution in [0.5, 0.6) is 5.75 Å². The SMILES string of the molecule is COc1ccc(C2Nc3c(F)cccc3C3C=CCC32)cc1[N+](=O)[O-]. The maximum Gasteiger partial charge on any atom is 0.311 e. The van der Waals surface area contributed by atoms with Gasteiger partial charge in [0, 0.05) is 12.0 Å². The number of nitrogens with one attached hydrogen (secondary N) is 1. The van der Waals surface area contributed by atoms with Gasteiger partial charge in [-0.05, 0) is 35.6 Å². The molecule has 1 aliphatic heterocycles. The standard InChI is InChI=1S/C19H17FN2O3/c1-25-17-9-8-11(10-16(17)22(23)24)18-13-5-2-4-12(13)14-6-3-7-15(20)19(14)21-18/h2-4,6-10,12-13,18,21H,5H2,1H3. The molecule has 1 heterocycles. The molecule has 0 fully saturated rings. The molecule has 0 radical (unpaired) electrons. The number of para-hydroxylation sites is 1. The van der Waals surface area contributed by atoms with E-state index in [0.29, 0.717) is 5.69 Å². The summed E-state index contributed by atoms with van der Waals surface area (Å²) in [5.74, 6) is 0.224. The molecule has 2 aromatic rings. The maximum atomic E-state index is 14.3. The summed E-state index contributed by atoms with van der Waals surface area (Å²) in [6.07, 6.45) is 5.05. The Kier molecular flexibility index (Phi) is 3.67. The highest BCUT2D eigenvalue weighted by molar-refractivity contribution is 5.61. The highest BCUT2D eigenvalue weighted by Crippen LogP contribution is 2.50. The van der Waals surface area contributed by atoms with E-state index in [1.54, 1.807) is 12.1 Å². The molecule has 0 bridgehead atoms. The summed E-state index contributed by atoms with van der Waals surface area (Å²) < 4.78 is 19.4. The number of anilines is 1. The molecule has 0 amide bonds. The van der Waals surface area contributed by atoms with Gasteiger partial charge < -0.3 is 10.1 Å². The van der Waals surface area contributed by atoms with Crippen LogP contribution in [0.15, 0.2) is 48.6 Å². The monoisotopic (exact) mass is 340 g/mol. The first kappa shape index (κ1) is 15.6. The Morgan fingerprint density at radius 1 is 1.32 bits per heavy atom. The zero-order valence-corrected chi connectivity index (χ0v) is 13.6. The third kappa shape index (κ3) is 2.45. The molecule has 25 heavy (non-hydrogen) atoms. The molecular weight excluding hydrogens is 323 g/mol. The summed E-state index contributed by atoms with van der Waals surface area (Å²) >= 11 is 0. The summed E-state index contributed by atoms with van der Waals surface area (Å²) in [5.41, 5.74) is 2.11. The summed E-state index contributed by atoms with van der Waals surface area (Å²) in [5, 5.41) is 14.6. The van der Waals surface area contributed by atoms with Gasteiger partial charge in [-0.1, -0.05) is 30.4 Å². The van der Waals surface area contributed by atoms with Crippen LogP contribution in [0.3, 0.4) is 0 Å². The highest BCUT2D eigenvalue weighted by atomic mass is 19.1. The Morgan fingerprint density at radius 3 is 2.92 bits per heavy atom. The fourth-order valence-electron chi connectivity index (χ4n) is 3.96. The number of nitro groups is 1. The minimum absolute atomic E-state index is 0.0800. The number of ether oxygens (including phenoxy) is 1. The Labute approximate surface area is 144 Å². The van der Waals surface area contributed by atoms with Crippen molar-refractivity contribution < 1.29 is 14.1 Å². The van der Waals surface area contributed by atoms with Crippen molar-refractivity contribution in [2.75, 3.05) is 12.4 Å². The smallest absolute Gasteiger partial charge is 0.311 e. The summed E-state index contributed by atoms with van der Waals surface area (Å²) in [6, 6.07) is 9.82. The Morgan fingerprint density at radius 2 is 2.16 bits per heavy atom. The van der Waals surface area contributed by atoms with Crippen molar-refractivity contribution in [3.05, 3.63) is 75.6 Å². The van der Waals surface area contributed by atoms with E-state index in [2.05, 4.69) is 17.5 Å². The first-order valence-corrected chi connectivity index (χ1v) is 8.14. The second-order valence-electron chi connectivity index (χ2n) is 6.37. The number of nitrogens with zero attached hydrogens (tertiary/aromatic N) is 1. The molecule has 0 saturated heterocycles. The maximum absolute atomic E-state index is 14.3. The first-order valence-electron chi connectivity index (χ1n) is 8.14. The van der Waals surface area contributed by atoms with E-state index in [1.165, 1.54) is 19.2 Å². The second kappa shape index (κ2) is 5.88. The quantitative estimate of drug-likeness (QED) is 0.505. The normalized spacial score (nSPS) is 23.5. The second-order valence-corrected chi connectivity index (χ2v) is 6.37. The van der Waals surface area contributed by atoms with Crippen LogP contribution in [0.1, 0.15) is 29.5 Å². The van der Waals surface area contributed by atoms with E-state index in [1.807, 2.05) is 12.1 Å². The van der Waals surface area contributed by atoms with Crippen molar-refractivity contribution in [2.45, 2.75) is 18.4 Å². The van der Waals surface area contributed by atoms with Gasteiger partial charge in [-0.3, -0.25) is 10.1 Å². The van der Waals surface area contributed by atoms with Crippen molar-refractivity contribution in [1.29, 1.82) is 0 Å². The zero-order valence-electron chi connectivity index (χ0n) is 13.6. The average Bonchev–Trinajstić information content (AvgIpc) is 3.11. The number of hydrogen-bond donors (Lipinski definition) is 1. The van der Waals surface area contributed by atoms with Crippen LogP contribution in [0.4, 0.5) is 15.8 Å². The molecule has 5 nitrogen and oxygen atoms in total. The molecular formula is C19H17FN2O3. The van der Waals surface area contributed by atoms with Gasteiger partial charge in [0.25, 0.3) is 0 Å². The molecule has 128 valence electrons. The molecule has 2 aromatic carbocycles. The Bertz CT molecular complexity index is 881. The van der Waals surface area contributed by atoms with Gasteiger partial charge in [-0.2, -0.15) is 0 Å². The number of nitro benzene ring substituents is 1. The van der Waals surface area contributed by atoms with Crippen molar-refractivity contribution in [3.63, 3.8) is 0 Å². The number of benzene rings is 2. The minimum atomic E-state index is -0.454. The lowest BCUT2D eigenvalue weighted by molar-refractivity contribution is -0.385. The lowest BCUT2D eigenvalue weighted by Gasteiger charge is -2.37. The van der Waals surface area contributed by atoms with E-state index in [-0.39, 0.29) is 35.1 Å². The van der Waals surface area contributed by atoms with Gasteiger partial charge in [-0.25, -0.2) is 4.39 Å². The predicted molar refractivity (Wildman–Crippen MR) is 92.4 cm³/mol. The largest absolute Gasteiger partial charge is 0.490 e. The van der Waals surface area contributed by atoms with Crippen molar-refractivity contribution in [1.82, 2.24) is 0 Å². The van der Waals surface area contributed by atoms with Gasteiger partial charge in [0.05, 0.1) is 23.8 Å². The summed E-state index contributed by atoms with van der Waals surface area (Å²) in [4.78, 5) is 10.9. The lowest BCUT2D eigenvalue weighted by atomic mass is 9.77. The molecule has 3 atom stereocenters. The number of hydrogen-bond acceptors (Lipinski definition) is 4. The van der Waals surface area contributed by atoms with Crippen LogP contribution in [0, 0.1) is 21.8 Å². The van der Waals surface area contributed by atoms with E-state index < -0.39 is 4.92 Å². The molecule has 4 rings (SSSR count). The lowest BCUT2D eigenvalue weighted by Crippen LogP contribution is -2.29. The summed E-state index contributed by atoms with van der Waals surface area (Å²) in [7, 11) is 1.41. The van der Waals surface area contributed by atoms with Crippen molar-refractivity contribution >= 4 is 11.4 Å². The fraction of sp³-hybridized carbons (Fsp3) is 0.263. The number of allylic oxidation sites excluding steroid dienone is 2. The van der Waals surface area contributed by atoms with E-state index in [4.69, 9.17) is 4.74 Å². The summed E-state index contributed by atoms with van der Waals surface area (Å²) in [6.45, 7) is 0. The van der Waals surface area contributed by atoms with Gasteiger partial charge in [-0.15, -0.1) is 0 Å². The Hall–Kier alpha value is -2.89. The van der Waals surface area contributed by atoms with Gasteiger partial charge in [0.15, 0.2) is 5.75 Å². The molecule has 1 N–H and O–H groups in total. The van der Waals surface area contributed by atoms with E-state index >= 15 is 0 Å². The Balaban J connectivity index is 1.80. The van der Waals surface area contributed by atoms with Crippen LogP contribution >= 0.6 is 0 Å². The van der Waals surface area contributed by atoms with Crippen molar-refractivity contribution in [2.24, 2.45) is 5.92 Å². The molecule has 2 aliphatic rings. The van der Waals surface area contributed by atoms with Gasteiger partial charge in [0.2, 0.25) is 0 Å². The van der Waals surface area contributed by atoms with Crippen LogP contribution in [-0.2, 0) is 0 Å². The number of fused-ring (bicyclic) bond motifs is 3. The molecule has 3 unspecified atom stereocenters. The van der Waals surface area contributed by atoms with E-state index in [0.717, 1.165) is 17.5 Å². The number of methoxy groups -OCH3 is 1.